The number of nitrogens with one attached hydrogen (secondary N) is 2. The van der Waals surface area contributed by atoms with Crippen LogP contribution >= 0.6 is 0 Å². The Balaban J connectivity index is 2.30. The topological polar surface area (TPSA) is 78.4 Å². The van der Waals surface area contributed by atoms with Crippen molar-refractivity contribution in [3.8, 4) is 0 Å². The largest absolute Gasteiger partial charge is 0.481 e. The fourth-order valence-electron chi connectivity index (χ4n) is 1.73. The Kier molecular flexibility index (Phi) is 5.44. The molecule has 0 saturated heterocycles. The lowest BCUT2D eigenvalue weighted by atomic mass is 9.98. The number of aliphatic carboxylic acids is 1. The molecular weight excluding hydrogens is 232 g/mol. The van der Waals surface area contributed by atoms with E-state index in [1.165, 1.54) is 0 Å². The van der Waals surface area contributed by atoms with Gasteiger partial charge in [-0.15, -0.1) is 0 Å². The van der Waals surface area contributed by atoms with Gasteiger partial charge in [0.25, 0.3) is 0 Å². The van der Waals surface area contributed by atoms with Crippen molar-refractivity contribution in [3.63, 3.8) is 0 Å². The van der Waals surface area contributed by atoms with Crippen LogP contribution in [-0.2, 0) is 4.79 Å². The highest BCUT2D eigenvalue weighted by Gasteiger charge is 2.33. The van der Waals surface area contributed by atoms with Gasteiger partial charge in [0, 0.05) is 12.6 Å². The van der Waals surface area contributed by atoms with Crippen molar-refractivity contribution in [2.24, 2.45) is 17.8 Å². The Hall–Kier alpha value is -1.26. The molecule has 1 aliphatic carbocycles. The SMILES string of the molecule is CC(C)C(C)CNC(=O)NC(CC(=O)O)C1CC1. The second-order valence-corrected chi connectivity index (χ2v) is 5.62. The van der Waals surface area contributed by atoms with Crippen LogP contribution in [0, 0.1) is 17.8 Å². The molecule has 0 heterocycles. The number of carboxylic acid groups (broad SMARTS) is 1. The summed E-state index contributed by atoms with van der Waals surface area (Å²) in [6.45, 7) is 6.93. The molecule has 0 aromatic heterocycles. The van der Waals surface area contributed by atoms with Crippen LogP contribution in [0.1, 0.15) is 40.0 Å². The Morgan fingerprint density at radius 3 is 2.33 bits per heavy atom. The summed E-state index contributed by atoms with van der Waals surface area (Å²) >= 11 is 0. The third-order valence-corrected chi connectivity index (χ3v) is 3.62. The fourth-order valence-corrected chi connectivity index (χ4v) is 1.73. The van der Waals surface area contributed by atoms with E-state index in [1.54, 1.807) is 0 Å². The van der Waals surface area contributed by atoms with Crippen LogP contribution in [0.3, 0.4) is 0 Å². The number of urea groups is 1. The molecule has 5 nitrogen and oxygen atoms in total. The smallest absolute Gasteiger partial charge is 0.315 e. The molecule has 0 radical (unpaired) electrons. The van der Waals surface area contributed by atoms with Crippen molar-refractivity contribution < 1.29 is 14.7 Å². The molecule has 1 rings (SSSR count). The quantitative estimate of drug-likeness (QED) is 0.650. The zero-order valence-electron chi connectivity index (χ0n) is 11.4. The van der Waals surface area contributed by atoms with Gasteiger partial charge in [0.2, 0.25) is 0 Å². The fraction of sp³-hybridized carbons (Fsp3) is 0.846. The molecule has 0 spiro atoms. The van der Waals surface area contributed by atoms with Crippen LogP contribution < -0.4 is 10.6 Å². The molecule has 1 fully saturated rings. The monoisotopic (exact) mass is 256 g/mol. The summed E-state index contributed by atoms with van der Waals surface area (Å²) in [7, 11) is 0. The van der Waals surface area contributed by atoms with Crippen LogP contribution in [-0.4, -0.2) is 29.7 Å². The number of carbonyl (C=O) groups excluding carboxylic acids is 1. The summed E-state index contributed by atoms with van der Waals surface area (Å²) < 4.78 is 0. The first-order chi connectivity index (χ1) is 8.40. The van der Waals surface area contributed by atoms with Gasteiger partial charge in [-0.25, -0.2) is 4.79 Å². The third kappa shape index (κ3) is 5.38. The van der Waals surface area contributed by atoms with E-state index in [1.807, 2.05) is 0 Å². The highest BCUT2D eigenvalue weighted by atomic mass is 16.4. The van der Waals surface area contributed by atoms with Gasteiger partial charge in [0.1, 0.15) is 0 Å². The summed E-state index contributed by atoms with van der Waals surface area (Å²) in [5, 5.41) is 14.4. The second kappa shape index (κ2) is 6.61. The van der Waals surface area contributed by atoms with Gasteiger partial charge in [-0.2, -0.15) is 0 Å². The summed E-state index contributed by atoms with van der Waals surface area (Å²) in [5.74, 6) is 0.412. The molecule has 2 amide bonds. The minimum Gasteiger partial charge on any atom is -0.481 e. The Morgan fingerprint density at radius 2 is 1.89 bits per heavy atom. The minimum absolute atomic E-state index is 0.0117. The van der Waals surface area contributed by atoms with E-state index in [0.29, 0.717) is 24.3 Å². The van der Waals surface area contributed by atoms with Crippen molar-refractivity contribution in [1.29, 1.82) is 0 Å². The molecular formula is C13H24N2O3. The van der Waals surface area contributed by atoms with E-state index in [4.69, 9.17) is 5.11 Å². The van der Waals surface area contributed by atoms with Crippen molar-refractivity contribution in [1.82, 2.24) is 10.6 Å². The standard InChI is InChI=1S/C13H24N2O3/c1-8(2)9(3)7-14-13(18)15-11(6-12(16)17)10-4-5-10/h8-11H,4-7H2,1-3H3,(H,16,17)(H2,14,15,18). The molecule has 2 unspecified atom stereocenters. The maximum atomic E-state index is 11.7. The molecule has 1 saturated carbocycles. The van der Waals surface area contributed by atoms with Crippen LogP contribution in [0.25, 0.3) is 0 Å². The maximum Gasteiger partial charge on any atom is 0.315 e. The van der Waals surface area contributed by atoms with Gasteiger partial charge in [-0.3, -0.25) is 4.79 Å². The normalized spacial score (nSPS) is 18.2. The minimum atomic E-state index is -0.859. The van der Waals surface area contributed by atoms with Gasteiger partial charge < -0.3 is 15.7 Å². The van der Waals surface area contributed by atoms with Crippen LogP contribution in [0.5, 0.6) is 0 Å². The molecule has 18 heavy (non-hydrogen) atoms. The number of hydrogen-bond acceptors (Lipinski definition) is 2. The lowest BCUT2D eigenvalue weighted by molar-refractivity contribution is -0.137. The Bertz CT molecular complexity index is 301. The molecule has 0 aliphatic heterocycles. The van der Waals surface area contributed by atoms with Gasteiger partial charge in [-0.1, -0.05) is 20.8 Å². The number of rotatable bonds is 7. The van der Waals surface area contributed by atoms with Crippen molar-refractivity contribution in [3.05, 3.63) is 0 Å². The maximum absolute atomic E-state index is 11.7. The number of hydrogen-bond donors (Lipinski definition) is 3. The zero-order valence-corrected chi connectivity index (χ0v) is 11.4. The molecule has 0 bridgehead atoms. The highest BCUT2D eigenvalue weighted by Crippen LogP contribution is 2.33. The molecule has 1 aliphatic rings. The molecule has 0 aromatic carbocycles. The molecule has 104 valence electrons. The van der Waals surface area contributed by atoms with E-state index >= 15 is 0 Å². The van der Waals surface area contributed by atoms with E-state index in [0.717, 1.165) is 12.8 Å². The van der Waals surface area contributed by atoms with E-state index in [-0.39, 0.29) is 18.5 Å². The van der Waals surface area contributed by atoms with E-state index in [9.17, 15) is 9.59 Å². The number of amides is 2. The summed E-state index contributed by atoms with van der Waals surface area (Å²) in [5.41, 5.74) is 0. The third-order valence-electron chi connectivity index (χ3n) is 3.62. The van der Waals surface area contributed by atoms with Crippen LogP contribution in [0.2, 0.25) is 0 Å². The van der Waals surface area contributed by atoms with Gasteiger partial charge >= 0.3 is 12.0 Å². The average Bonchev–Trinajstić information content (AvgIpc) is 3.07. The first-order valence-corrected chi connectivity index (χ1v) is 6.66. The first kappa shape index (κ1) is 14.8. The lowest BCUT2D eigenvalue weighted by Gasteiger charge is -2.19. The van der Waals surface area contributed by atoms with E-state index in [2.05, 4.69) is 31.4 Å². The summed E-state index contributed by atoms with van der Waals surface area (Å²) in [6, 6.07) is -0.475. The molecule has 3 N–H and O–H groups in total. The summed E-state index contributed by atoms with van der Waals surface area (Å²) in [6.07, 6.45) is 2.04. The molecule has 2 atom stereocenters. The number of carbonyl (C=O) groups is 2. The van der Waals surface area contributed by atoms with Crippen LogP contribution in [0.15, 0.2) is 0 Å². The predicted molar refractivity (Wildman–Crippen MR) is 69.3 cm³/mol. The van der Waals surface area contributed by atoms with Crippen molar-refractivity contribution in [2.75, 3.05) is 6.54 Å². The number of carboxylic acids is 1. The molecule has 5 heteroatoms. The molecule has 0 aromatic rings. The van der Waals surface area contributed by atoms with Gasteiger partial charge in [-0.05, 0) is 30.6 Å². The van der Waals surface area contributed by atoms with Crippen LogP contribution in [0.4, 0.5) is 4.79 Å². The summed E-state index contributed by atoms with van der Waals surface area (Å²) in [4.78, 5) is 22.4. The lowest BCUT2D eigenvalue weighted by Crippen LogP contribution is -2.45. The Morgan fingerprint density at radius 1 is 1.28 bits per heavy atom. The Labute approximate surface area is 108 Å². The first-order valence-electron chi connectivity index (χ1n) is 6.66. The van der Waals surface area contributed by atoms with Crippen molar-refractivity contribution in [2.45, 2.75) is 46.1 Å². The zero-order chi connectivity index (χ0) is 13.7. The van der Waals surface area contributed by atoms with Crippen molar-refractivity contribution >= 4 is 12.0 Å². The van der Waals surface area contributed by atoms with E-state index < -0.39 is 5.97 Å². The van der Waals surface area contributed by atoms with Gasteiger partial charge in [0.05, 0.1) is 6.42 Å². The second-order valence-electron chi connectivity index (χ2n) is 5.62. The van der Waals surface area contributed by atoms with Gasteiger partial charge in [0.15, 0.2) is 0 Å². The average molecular weight is 256 g/mol. The predicted octanol–water partition coefficient (Wildman–Crippen LogP) is 1.83. The highest BCUT2D eigenvalue weighted by molar-refractivity contribution is 5.75.